The molecule has 0 unspecified atom stereocenters. The Morgan fingerprint density at radius 3 is 1.74 bits per heavy atom. The zero-order valence-corrected chi connectivity index (χ0v) is 18.4. The molecule has 0 saturated heterocycles. The van der Waals surface area contributed by atoms with Crippen molar-refractivity contribution in [1.29, 1.82) is 0 Å². The van der Waals surface area contributed by atoms with Gasteiger partial charge in [0.25, 0.3) is 0 Å². The molecule has 0 atom stereocenters. The van der Waals surface area contributed by atoms with Gasteiger partial charge >= 0.3 is 6.18 Å². The second-order valence-corrected chi connectivity index (χ2v) is 9.69. The SMILES string of the molecule is CC(C)C1CCC(/C=C/C2CCC(c3cc(F)c(/C=C/C(F)(F)F)c(F)c3)CC2)CC1. The van der Waals surface area contributed by atoms with Crippen molar-refractivity contribution in [2.24, 2.45) is 23.7 Å². The summed E-state index contributed by atoms with van der Waals surface area (Å²) in [5.41, 5.74) is -0.0847. The average molecular weight is 441 g/mol. The zero-order valence-electron chi connectivity index (χ0n) is 18.4. The van der Waals surface area contributed by atoms with Crippen LogP contribution in [0.5, 0.6) is 0 Å². The molecule has 0 aliphatic heterocycles. The third-order valence-electron chi connectivity index (χ3n) is 7.20. The largest absolute Gasteiger partial charge is 0.409 e. The highest BCUT2D eigenvalue weighted by Gasteiger charge is 2.26. The smallest absolute Gasteiger partial charge is 0.206 e. The number of alkyl halides is 3. The van der Waals surface area contributed by atoms with Gasteiger partial charge in [-0.3, -0.25) is 0 Å². The van der Waals surface area contributed by atoms with Gasteiger partial charge in [-0.25, -0.2) is 8.78 Å². The molecular formula is C26H33F5. The lowest BCUT2D eigenvalue weighted by molar-refractivity contribution is -0.0790. The molecule has 0 heterocycles. The van der Waals surface area contributed by atoms with Crippen LogP contribution in [0.3, 0.4) is 0 Å². The molecular weight excluding hydrogens is 407 g/mol. The van der Waals surface area contributed by atoms with Gasteiger partial charge in [-0.2, -0.15) is 13.2 Å². The van der Waals surface area contributed by atoms with Crippen LogP contribution in [-0.2, 0) is 0 Å². The Labute approximate surface area is 182 Å². The van der Waals surface area contributed by atoms with Crippen molar-refractivity contribution in [3.8, 4) is 0 Å². The molecule has 172 valence electrons. The second-order valence-electron chi connectivity index (χ2n) is 9.69. The van der Waals surface area contributed by atoms with Crippen LogP contribution in [0.15, 0.2) is 30.4 Å². The van der Waals surface area contributed by atoms with Crippen molar-refractivity contribution < 1.29 is 22.0 Å². The Kier molecular flexibility index (Phi) is 7.98. The van der Waals surface area contributed by atoms with E-state index in [9.17, 15) is 22.0 Å². The van der Waals surface area contributed by atoms with E-state index in [-0.39, 0.29) is 12.0 Å². The van der Waals surface area contributed by atoms with Crippen LogP contribution in [0.4, 0.5) is 22.0 Å². The normalized spacial score (nSPS) is 28.1. The maximum atomic E-state index is 14.3. The molecule has 2 fully saturated rings. The summed E-state index contributed by atoms with van der Waals surface area (Å²) in [6.45, 7) is 4.62. The Morgan fingerprint density at radius 1 is 0.806 bits per heavy atom. The number of hydrogen-bond acceptors (Lipinski definition) is 0. The van der Waals surface area contributed by atoms with E-state index < -0.39 is 23.4 Å². The van der Waals surface area contributed by atoms with Crippen LogP contribution in [0.2, 0.25) is 0 Å². The molecule has 0 radical (unpaired) electrons. The molecule has 1 aromatic rings. The Bertz CT molecular complexity index is 750. The molecule has 0 nitrogen and oxygen atoms in total. The van der Waals surface area contributed by atoms with Gasteiger partial charge in [0, 0.05) is 11.6 Å². The number of halogens is 5. The lowest BCUT2D eigenvalue weighted by Gasteiger charge is -2.30. The maximum absolute atomic E-state index is 14.3. The molecule has 2 aliphatic rings. The van der Waals surface area contributed by atoms with Gasteiger partial charge in [0.1, 0.15) is 11.6 Å². The standard InChI is InChI=1S/C26H33F5/c1-17(2)20-9-5-18(6-10-20)3-4-19-7-11-21(12-8-19)22-15-24(27)23(25(28)16-22)13-14-26(29,30)31/h3-4,13-21H,5-12H2,1-2H3/b4-3+,14-13+. The first-order valence-corrected chi connectivity index (χ1v) is 11.6. The molecule has 5 heteroatoms. The summed E-state index contributed by atoms with van der Waals surface area (Å²) in [5, 5.41) is 0. The predicted octanol–water partition coefficient (Wildman–Crippen LogP) is 8.83. The van der Waals surface area contributed by atoms with Crippen LogP contribution in [0.1, 0.15) is 82.3 Å². The molecule has 2 aliphatic carbocycles. The predicted molar refractivity (Wildman–Crippen MR) is 116 cm³/mol. The van der Waals surface area contributed by atoms with Gasteiger partial charge < -0.3 is 0 Å². The van der Waals surface area contributed by atoms with Crippen LogP contribution in [-0.4, -0.2) is 6.18 Å². The van der Waals surface area contributed by atoms with Crippen LogP contribution < -0.4 is 0 Å². The Balaban J connectivity index is 1.53. The van der Waals surface area contributed by atoms with Gasteiger partial charge in [0.2, 0.25) is 0 Å². The highest BCUT2D eigenvalue weighted by atomic mass is 19.4. The summed E-state index contributed by atoms with van der Waals surface area (Å²) in [7, 11) is 0. The molecule has 3 rings (SSSR count). The van der Waals surface area contributed by atoms with Crippen molar-refractivity contribution in [2.75, 3.05) is 0 Å². The third kappa shape index (κ3) is 6.92. The molecule has 0 aromatic heterocycles. The summed E-state index contributed by atoms with van der Waals surface area (Å²) >= 11 is 0. The topological polar surface area (TPSA) is 0 Å². The van der Waals surface area contributed by atoms with Crippen molar-refractivity contribution in [3.05, 3.63) is 53.1 Å². The van der Waals surface area contributed by atoms with Gasteiger partial charge in [-0.05, 0) is 105 Å². The van der Waals surface area contributed by atoms with Gasteiger partial charge in [-0.15, -0.1) is 0 Å². The highest BCUT2D eigenvalue weighted by Crippen LogP contribution is 2.39. The Hall–Kier alpha value is -1.65. The minimum atomic E-state index is -4.60. The lowest BCUT2D eigenvalue weighted by Crippen LogP contribution is -2.18. The molecule has 2 saturated carbocycles. The van der Waals surface area contributed by atoms with Crippen molar-refractivity contribution in [3.63, 3.8) is 0 Å². The van der Waals surface area contributed by atoms with Crippen LogP contribution in [0.25, 0.3) is 6.08 Å². The number of rotatable bonds is 5. The first-order chi connectivity index (χ1) is 14.6. The van der Waals surface area contributed by atoms with Crippen LogP contribution >= 0.6 is 0 Å². The van der Waals surface area contributed by atoms with Crippen molar-refractivity contribution in [2.45, 2.75) is 77.3 Å². The summed E-state index contributed by atoms with van der Waals surface area (Å²) in [6.07, 6.45) is 9.24. The van der Waals surface area contributed by atoms with Gasteiger partial charge in [-0.1, -0.05) is 26.0 Å². The quantitative estimate of drug-likeness (QED) is 0.317. The zero-order chi connectivity index (χ0) is 22.6. The highest BCUT2D eigenvalue weighted by molar-refractivity contribution is 5.52. The van der Waals surface area contributed by atoms with E-state index in [1.165, 1.54) is 37.8 Å². The van der Waals surface area contributed by atoms with Crippen molar-refractivity contribution in [1.82, 2.24) is 0 Å². The molecule has 0 amide bonds. The van der Waals surface area contributed by atoms with E-state index in [4.69, 9.17) is 0 Å². The fourth-order valence-electron chi connectivity index (χ4n) is 5.14. The van der Waals surface area contributed by atoms with E-state index in [2.05, 4.69) is 26.0 Å². The average Bonchev–Trinajstić information content (AvgIpc) is 2.71. The van der Waals surface area contributed by atoms with E-state index in [0.29, 0.717) is 23.5 Å². The minimum absolute atomic E-state index is 0.0516. The fourth-order valence-corrected chi connectivity index (χ4v) is 5.14. The second kappa shape index (κ2) is 10.3. The van der Waals surface area contributed by atoms with Gasteiger partial charge in [0.15, 0.2) is 0 Å². The van der Waals surface area contributed by atoms with Crippen LogP contribution in [0, 0.1) is 35.3 Å². The monoisotopic (exact) mass is 440 g/mol. The molecule has 0 N–H and O–H groups in total. The first-order valence-electron chi connectivity index (χ1n) is 11.6. The Morgan fingerprint density at radius 2 is 1.29 bits per heavy atom. The van der Waals surface area contributed by atoms with Crippen molar-refractivity contribution >= 4 is 6.08 Å². The van der Waals surface area contributed by atoms with E-state index >= 15 is 0 Å². The maximum Gasteiger partial charge on any atom is 0.409 e. The van der Waals surface area contributed by atoms with Gasteiger partial charge in [0.05, 0.1) is 0 Å². The minimum Gasteiger partial charge on any atom is -0.206 e. The number of benzene rings is 1. The summed E-state index contributed by atoms with van der Waals surface area (Å²) in [4.78, 5) is 0. The number of allylic oxidation sites excluding steroid dienone is 3. The molecule has 31 heavy (non-hydrogen) atoms. The summed E-state index contributed by atoms with van der Waals surface area (Å²) < 4.78 is 65.4. The fraction of sp³-hybridized carbons (Fsp3) is 0.615. The molecule has 0 spiro atoms. The molecule has 1 aromatic carbocycles. The first kappa shape index (κ1) is 24.0. The van der Waals surface area contributed by atoms with E-state index in [0.717, 1.165) is 37.5 Å². The summed E-state index contributed by atoms with van der Waals surface area (Å²) in [6, 6.07) is 2.40. The molecule has 0 bridgehead atoms. The van der Waals surface area contributed by atoms with E-state index in [1.54, 1.807) is 0 Å². The van der Waals surface area contributed by atoms with E-state index in [1.807, 2.05) is 0 Å². The lowest BCUT2D eigenvalue weighted by atomic mass is 9.75. The number of hydrogen-bond donors (Lipinski definition) is 0. The summed E-state index contributed by atoms with van der Waals surface area (Å²) in [5.74, 6) is 0.983. The third-order valence-corrected chi connectivity index (χ3v) is 7.20.